The second kappa shape index (κ2) is 14.9. The Labute approximate surface area is 302 Å². The van der Waals surface area contributed by atoms with Gasteiger partial charge in [0.05, 0.1) is 12.3 Å². The van der Waals surface area contributed by atoms with Crippen molar-refractivity contribution >= 4 is 78.2 Å². The fourth-order valence-electron chi connectivity index (χ4n) is 6.92. The van der Waals surface area contributed by atoms with Gasteiger partial charge in [0.1, 0.15) is 46.4 Å². The van der Waals surface area contributed by atoms with Crippen molar-refractivity contribution in [2.24, 2.45) is 0 Å². The van der Waals surface area contributed by atoms with Gasteiger partial charge >= 0.3 is 0 Å². The molecule has 0 N–H and O–H groups in total. The largest absolute Gasteiger partial charge is 0.116 e. The van der Waals surface area contributed by atoms with Crippen LogP contribution in [0.2, 0.25) is 0 Å². The average molecular weight is 787 g/mol. The van der Waals surface area contributed by atoms with E-state index in [0.29, 0.717) is 0 Å². The van der Waals surface area contributed by atoms with Gasteiger partial charge in [-0.15, -0.1) is 0 Å². The highest BCUT2D eigenvalue weighted by Gasteiger charge is 2.47. The van der Waals surface area contributed by atoms with Crippen LogP contribution in [0.15, 0.2) is 203 Å². The van der Waals surface area contributed by atoms with Crippen LogP contribution in [0.1, 0.15) is 11.1 Å². The summed E-state index contributed by atoms with van der Waals surface area (Å²) >= 11 is 8.27. The highest BCUT2D eigenvalue weighted by molar-refractivity contribution is 9.11. The van der Waals surface area contributed by atoms with Crippen LogP contribution >= 0.6 is 46.4 Å². The number of halogens is 2. The standard InChI is InChI=1S/C44H36Br2P2/c45-43-32-36(34-48(40-25-13-4-14-26-40,41-27-15-5-16-28-41)42-29-17-6-18-30-42)44(46)31-35(43)33-47(37-19-7-1-8-20-37,38-21-9-2-10-22-38)39-23-11-3-12-24-39/h1-32H,33-34H2/q+2. The van der Waals surface area contributed by atoms with E-state index in [-0.39, 0.29) is 0 Å². The third-order valence-electron chi connectivity index (χ3n) is 9.21. The topological polar surface area (TPSA) is 0 Å². The van der Waals surface area contributed by atoms with Crippen LogP contribution in [0.4, 0.5) is 0 Å². The van der Waals surface area contributed by atoms with Crippen molar-refractivity contribution in [2.75, 3.05) is 0 Å². The molecule has 7 aromatic carbocycles. The fraction of sp³-hybridized carbons (Fsp3) is 0.0455. The Kier molecular flexibility index (Phi) is 10.2. The van der Waals surface area contributed by atoms with Crippen LogP contribution < -0.4 is 31.8 Å². The van der Waals surface area contributed by atoms with Gasteiger partial charge in [-0.05, 0) is 84.9 Å². The van der Waals surface area contributed by atoms with E-state index in [1.165, 1.54) is 43.0 Å². The molecule has 0 aliphatic rings. The minimum atomic E-state index is -2.07. The summed E-state index contributed by atoms with van der Waals surface area (Å²) in [6.07, 6.45) is 1.81. The summed E-state index contributed by atoms with van der Waals surface area (Å²) in [6, 6.07) is 71.6. The van der Waals surface area contributed by atoms with Crippen LogP contribution in [-0.4, -0.2) is 0 Å². The molecule has 0 amide bonds. The zero-order valence-corrected chi connectivity index (χ0v) is 31.5. The van der Waals surface area contributed by atoms with Gasteiger partial charge in [0.25, 0.3) is 0 Å². The van der Waals surface area contributed by atoms with Crippen LogP contribution in [0.25, 0.3) is 0 Å². The van der Waals surface area contributed by atoms with Gasteiger partial charge in [0.15, 0.2) is 0 Å². The number of rotatable bonds is 10. The van der Waals surface area contributed by atoms with Crippen molar-refractivity contribution in [1.82, 2.24) is 0 Å². The predicted molar refractivity (Wildman–Crippen MR) is 220 cm³/mol. The number of benzene rings is 7. The van der Waals surface area contributed by atoms with Gasteiger partial charge in [-0.2, -0.15) is 0 Å². The van der Waals surface area contributed by atoms with Gasteiger partial charge in [-0.3, -0.25) is 0 Å². The Bertz CT molecular complexity index is 1720. The Balaban J connectivity index is 1.39. The van der Waals surface area contributed by atoms with Crippen molar-refractivity contribution in [3.05, 3.63) is 214 Å². The van der Waals surface area contributed by atoms with Crippen molar-refractivity contribution in [3.63, 3.8) is 0 Å². The molecule has 0 aliphatic carbocycles. The van der Waals surface area contributed by atoms with E-state index >= 15 is 0 Å². The third-order valence-corrected chi connectivity index (χ3v) is 19.4. The molecule has 0 bridgehead atoms. The monoisotopic (exact) mass is 784 g/mol. The summed E-state index contributed by atoms with van der Waals surface area (Å²) in [5.74, 6) is 0. The summed E-state index contributed by atoms with van der Waals surface area (Å²) in [6.45, 7) is 0. The molecular formula is C44H36Br2P2+2. The lowest BCUT2D eigenvalue weighted by Crippen LogP contribution is -2.33. The lowest BCUT2D eigenvalue weighted by atomic mass is 10.2. The molecule has 0 aliphatic heterocycles. The normalized spacial score (nSPS) is 11.7. The molecule has 7 rings (SSSR count). The maximum Gasteiger partial charge on any atom is 0.116 e. The second-order valence-electron chi connectivity index (χ2n) is 12.0. The van der Waals surface area contributed by atoms with Gasteiger partial charge in [0, 0.05) is 20.1 Å². The molecular weight excluding hydrogens is 750 g/mol. The van der Waals surface area contributed by atoms with Crippen LogP contribution in [0, 0.1) is 0 Å². The zero-order chi connectivity index (χ0) is 32.8. The quantitative estimate of drug-likeness (QED) is 0.121. The minimum Gasteiger partial charge on any atom is -0.0620 e. The van der Waals surface area contributed by atoms with Crippen molar-refractivity contribution in [1.29, 1.82) is 0 Å². The molecule has 0 aromatic heterocycles. The van der Waals surface area contributed by atoms with E-state index < -0.39 is 14.5 Å². The highest BCUT2D eigenvalue weighted by atomic mass is 79.9. The van der Waals surface area contributed by atoms with Crippen LogP contribution in [0.5, 0.6) is 0 Å². The zero-order valence-electron chi connectivity index (χ0n) is 26.5. The van der Waals surface area contributed by atoms with Crippen molar-refractivity contribution in [2.45, 2.75) is 12.3 Å². The molecule has 0 heterocycles. The van der Waals surface area contributed by atoms with E-state index in [4.69, 9.17) is 0 Å². The minimum absolute atomic E-state index is 0.904. The van der Waals surface area contributed by atoms with E-state index in [9.17, 15) is 0 Å². The van der Waals surface area contributed by atoms with E-state index in [0.717, 1.165) is 21.3 Å². The van der Waals surface area contributed by atoms with Crippen LogP contribution in [0.3, 0.4) is 0 Å². The van der Waals surface area contributed by atoms with Gasteiger partial charge in [-0.25, -0.2) is 0 Å². The van der Waals surface area contributed by atoms with E-state index in [2.05, 4.69) is 226 Å². The molecule has 0 spiro atoms. The SMILES string of the molecule is Brc1cc(C[P+](c2ccccc2)(c2ccccc2)c2ccccc2)c(Br)cc1C[P+](c1ccccc1)(c1ccccc1)c1ccccc1. The van der Waals surface area contributed by atoms with Crippen LogP contribution in [-0.2, 0) is 12.3 Å². The van der Waals surface area contributed by atoms with E-state index in [1.54, 1.807) is 0 Å². The first-order valence-electron chi connectivity index (χ1n) is 16.2. The van der Waals surface area contributed by atoms with Gasteiger partial charge < -0.3 is 0 Å². The smallest absolute Gasteiger partial charge is 0.0620 e. The molecule has 0 fully saturated rings. The maximum atomic E-state index is 4.14. The average Bonchev–Trinajstić information content (AvgIpc) is 3.16. The lowest BCUT2D eigenvalue weighted by molar-refractivity contribution is 1.27. The lowest BCUT2D eigenvalue weighted by Gasteiger charge is -2.29. The molecule has 0 radical (unpaired) electrons. The molecule has 0 nitrogen and oxygen atoms in total. The first kappa shape index (κ1) is 32.9. The molecule has 7 aromatic rings. The molecule has 0 saturated carbocycles. The number of hydrogen-bond acceptors (Lipinski definition) is 0. The first-order valence-corrected chi connectivity index (χ1v) is 21.7. The Morgan fingerprint density at radius 1 is 0.292 bits per heavy atom. The third kappa shape index (κ3) is 6.41. The Morgan fingerprint density at radius 2 is 0.479 bits per heavy atom. The molecule has 4 heteroatoms. The molecule has 0 atom stereocenters. The predicted octanol–water partition coefficient (Wildman–Crippen LogP) is 10.2. The second-order valence-corrected chi connectivity index (χ2v) is 20.7. The summed E-state index contributed by atoms with van der Waals surface area (Å²) in [5.41, 5.74) is 2.61. The summed E-state index contributed by atoms with van der Waals surface area (Å²) in [4.78, 5) is 0. The molecule has 234 valence electrons. The first-order chi connectivity index (χ1) is 23.6. The van der Waals surface area contributed by atoms with Gasteiger partial charge in [-0.1, -0.05) is 141 Å². The van der Waals surface area contributed by atoms with Crippen molar-refractivity contribution in [3.8, 4) is 0 Å². The molecule has 0 saturated heterocycles. The van der Waals surface area contributed by atoms with Crippen molar-refractivity contribution < 1.29 is 0 Å². The Morgan fingerprint density at radius 3 is 0.667 bits per heavy atom. The number of hydrogen-bond donors (Lipinski definition) is 0. The molecule has 0 unspecified atom stereocenters. The summed E-state index contributed by atoms with van der Waals surface area (Å²) in [7, 11) is -4.13. The highest BCUT2D eigenvalue weighted by Crippen LogP contribution is 2.61. The maximum absolute atomic E-state index is 4.14. The van der Waals surface area contributed by atoms with Gasteiger partial charge in [0.2, 0.25) is 0 Å². The summed E-state index contributed by atoms with van der Waals surface area (Å²) < 4.78 is 2.31. The fourth-order valence-corrected chi connectivity index (χ4v) is 16.9. The van der Waals surface area contributed by atoms with E-state index in [1.807, 2.05) is 0 Å². The summed E-state index contributed by atoms with van der Waals surface area (Å²) in [5, 5.41) is 8.31. The molecule has 48 heavy (non-hydrogen) atoms. The Hall–Kier alpha value is -3.64.